The number of aromatic nitrogens is 1. The van der Waals surface area contributed by atoms with Crippen molar-refractivity contribution in [3.63, 3.8) is 0 Å². The summed E-state index contributed by atoms with van der Waals surface area (Å²) in [7, 11) is 0. The molecule has 1 N–H and O–H groups in total. The summed E-state index contributed by atoms with van der Waals surface area (Å²) < 4.78 is 5.67. The molecule has 1 aliphatic rings. The summed E-state index contributed by atoms with van der Waals surface area (Å²) >= 11 is 0. The molecule has 1 aromatic heterocycles. The van der Waals surface area contributed by atoms with Crippen molar-refractivity contribution >= 4 is 0 Å². The zero-order chi connectivity index (χ0) is 12.0. The van der Waals surface area contributed by atoms with E-state index in [9.17, 15) is 5.11 Å². The SMILES string of the molecule is Cc1ccc(-c2nc(C3CC3)oc2C)cc1O. The Labute approximate surface area is 100 Å². The molecule has 1 aromatic carbocycles. The summed E-state index contributed by atoms with van der Waals surface area (Å²) in [4.78, 5) is 4.54. The molecule has 0 saturated heterocycles. The van der Waals surface area contributed by atoms with Crippen molar-refractivity contribution in [2.75, 3.05) is 0 Å². The van der Waals surface area contributed by atoms with E-state index < -0.39 is 0 Å². The standard InChI is InChI=1S/C14H15NO2/c1-8-3-4-11(7-12(8)16)13-9(2)17-14(15-13)10-5-6-10/h3-4,7,10,16H,5-6H2,1-2H3. The van der Waals surface area contributed by atoms with Gasteiger partial charge in [0.1, 0.15) is 17.2 Å². The van der Waals surface area contributed by atoms with E-state index in [4.69, 9.17) is 4.42 Å². The minimum absolute atomic E-state index is 0.304. The average molecular weight is 229 g/mol. The second-order valence-electron chi connectivity index (χ2n) is 4.73. The van der Waals surface area contributed by atoms with Crippen LogP contribution in [-0.2, 0) is 0 Å². The fraction of sp³-hybridized carbons (Fsp3) is 0.357. The molecule has 0 aliphatic heterocycles. The van der Waals surface area contributed by atoms with E-state index in [1.54, 1.807) is 6.07 Å². The van der Waals surface area contributed by atoms with Crippen LogP contribution in [0.2, 0.25) is 0 Å². The first-order valence-corrected chi connectivity index (χ1v) is 5.92. The van der Waals surface area contributed by atoms with Crippen LogP contribution >= 0.6 is 0 Å². The first kappa shape index (κ1) is 10.4. The zero-order valence-electron chi connectivity index (χ0n) is 10.0. The number of benzene rings is 1. The molecule has 1 saturated carbocycles. The zero-order valence-corrected chi connectivity index (χ0v) is 10.0. The summed E-state index contributed by atoms with van der Waals surface area (Å²) in [6, 6.07) is 5.61. The number of phenols is 1. The molecule has 0 bridgehead atoms. The smallest absolute Gasteiger partial charge is 0.198 e. The van der Waals surface area contributed by atoms with Crippen LogP contribution in [0, 0.1) is 13.8 Å². The first-order chi connectivity index (χ1) is 8.15. The first-order valence-electron chi connectivity index (χ1n) is 5.92. The van der Waals surface area contributed by atoms with Gasteiger partial charge in [0.05, 0.1) is 0 Å². The van der Waals surface area contributed by atoms with Gasteiger partial charge in [-0.15, -0.1) is 0 Å². The van der Waals surface area contributed by atoms with Gasteiger partial charge in [0.25, 0.3) is 0 Å². The van der Waals surface area contributed by atoms with Crippen LogP contribution in [0.5, 0.6) is 5.75 Å². The number of aryl methyl sites for hydroxylation is 2. The van der Waals surface area contributed by atoms with Gasteiger partial charge in [0.2, 0.25) is 0 Å². The van der Waals surface area contributed by atoms with E-state index in [0.717, 1.165) is 28.5 Å². The quantitative estimate of drug-likeness (QED) is 0.856. The highest BCUT2D eigenvalue weighted by Crippen LogP contribution is 2.41. The van der Waals surface area contributed by atoms with Crippen molar-refractivity contribution in [2.45, 2.75) is 32.6 Å². The summed E-state index contributed by atoms with van der Waals surface area (Å²) in [6.45, 7) is 3.80. The third kappa shape index (κ3) is 1.82. The predicted octanol–water partition coefficient (Wildman–Crippen LogP) is 3.54. The van der Waals surface area contributed by atoms with Crippen LogP contribution < -0.4 is 0 Å². The fourth-order valence-corrected chi connectivity index (χ4v) is 1.95. The normalized spacial score (nSPS) is 15.2. The molecule has 0 unspecified atom stereocenters. The van der Waals surface area contributed by atoms with Crippen molar-refractivity contribution in [2.24, 2.45) is 0 Å². The van der Waals surface area contributed by atoms with Gasteiger partial charge in [-0.3, -0.25) is 0 Å². The van der Waals surface area contributed by atoms with Crippen molar-refractivity contribution in [1.29, 1.82) is 0 Å². The van der Waals surface area contributed by atoms with Crippen LogP contribution in [0.25, 0.3) is 11.3 Å². The summed E-state index contributed by atoms with van der Waals surface area (Å²) in [5, 5.41) is 9.72. The molecule has 3 nitrogen and oxygen atoms in total. The molecule has 0 spiro atoms. The van der Waals surface area contributed by atoms with Gasteiger partial charge in [0.15, 0.2) is 5.89 Å². The Bertz CT molecular complexity index is 568. The highest BCUT2D eigenvalue weighted by molar-refractivity contribution is 5.64. The van der Waals surface area contributed by atoms with E-state index in [1.165, 1.54) is 12.8 Å². The third-order valence-electron chi connectivity index (χ3n) is 3.22. The summed E-state index contributed by atoms with van der Waals surface area (Å²) in [5.41, 5.74) is 2.64. The van der Waals surface area contributed by atoms with Gasteiger partial charge < -0.3 is 9.52 Å². The molecule has 3 rings (SSSR count). The Hall–Kier alpha value is -1.77. The van der Waals surface area contributed by atoms with Crippen LogP contribution in [0.15, 0.2) is 22.6 Å². The van der Waals surface area contributed by atoms with Gasteiger partial charge in [-0.1, -0.05) is 12.1 Å². The monoisotopic (exact) mass is 229 g/mol. The highest BCUT2D eigenvalue weighted by Gasteiger charge is 2.29. The molecule has 0 amide bonds. The second-order valence-corrected chi connectivity index (χ2v) is 4.73. The number of hydrogen-bond acceptors (Lipinski definition) is 3. The second kappa shape index (κ2) is 3.62. The minimum atomic E-state index is 0.304. The van der Waals surface area contributed by atoms with Crippen LogP contribution in [0.3, 0.4) is 0 Å². The minimum Gasteiger partial charge on any atom is -0.508 e. The third-order valence-corrected chi connectivity index (χ3v) is 3.22. The fourth-order valence-electron chi connectivity index (χ4n) is 1.95. The van der Waals surface area contributed by atoms with Crippen molar-refractivity contribution in [1.82, 2.24) is 4.98 Å². The summed E-state index contributed by atoms with van der Waals surface area (Å²) in [6.07, 6.45) is 2.36. The van der Waals surface area contributed by atoms with Crippen LogP contribution in [0.4, 0.5) is 0 Å². The number of nitrogens with zero attached hydrogens (tertiary/aromatic N) is 1. The molecule has 17 heavy (non-hydrogen) atoms. The Morgan fingerprint density at radius 3 is 2.71 bits per heavy atom. The molecular weight excluding hydrogens is 214 g/mol. The highest BCUT2D eigenvalue weighted by atomic mass is 16.4. The van der Waals surface area contributed by atoms with Gasteiger partial charge >= 0.3 is 0 Å². The van der Waals surface area contributed by atoms with Gasteiger partial charge in [-0.05, 0) is 38.3 Å². The molecule has 1 fully saturated rings. The summed E-state index contributed by atoms with van der Waals surface area (Å²) in [5.74, 6) is 2.49. The van der Waals surface area contributed by atoms with Crippen LogP contribution in [0.1, 0.15) is 36.0 Å². The molecule has 88 valence electrons. The van der Waals surface area contributed by atoms with Gasteiger partial charge in [0, 0.05) is 11.5 Å². The van der Waals surface area contributed by atoms with E-state index in [-0.39, 0.29) is 0 Å². The lowest BCUT2D eigenvalue weighted by Crippen LogP contribution is -1.83. The van der Waals surface area contributed by atoms with E-state index in [1.807, 2.05) is 26.0 Å². The Morgan fingerprint density at radius 2 is 2.06 bits per heavy atom. The molecule has 1 heterocycles. The number of rotatable bonds is 2. The van der Waals surface area contributed by atoms with Crippen molar-refractivity contribution < 1.29 is 9.52 Å². The maximum Gasteiger partial charge on any atom is 0.198 e. The molecule has 3 heteroatoms. The van der Waals surface area contributed by atoms with Crippen molar-refractivity contribution in [3.8, 4) is 17.0 Å². The largest absolute Gasteiger partial charge is 0.508 e. The molecule has 1 aliphatic carbocycles. The van der Waals surface area contributed by atoms with E-state index in [0.29, 0.717) is 11.7 Å². The Morgan fingerprint density at radius 1 is 1.29 bits per heavy atom. The Kier molecular flexibility index (Phi) is 2.21. The van der Waals surface area contributed by atoms with Gasteiger partial charge in [-0.2, -0.15) is 0 Å². The Balaban J connectivity index is 2.04. The number of aromatic hydroxyl groups is 1. The lowest BCUT2D eigenvalue weighted by Gasteiger charge is -2.01. The van der Waals surface area contributed by atoms with E-state index in [2.05, 4.69) is 4.98 Å². The lowest BCUT2D eigenvalue weighted by atomic mass is 10.1. The number of oxazole rings is 1. The van der Waals surface area contributed by atoms with Gasteiger partial charge in [-0.25, -0.2) is 4.98 Å². The maximum atomic E-state index is 9.72. The lowest BCUT2D eigenvalue weighted by molar-refractivity contribution is 0.471. The molecule has 2 aromatic rings. The van der Waals surface area contributed by atoms with Crippen LogP contribution in [-0.4, -0.2) is 10.1 Å². The maximum absolute atomic E-state index is 9.72. The molecule has 0 atom stereocenters. The topological polar surface area (TPSA) is 46.3 Å². The van der Waals surface area contributed by atoms with Crippen molar-refractivity contribution in [3.05, 3.63) is 35.4 Å². The van der Waals surface area contributed by atoms with E-state index >= 15 is 0 Å². The number of hydrogen-bond donors (Lipinski definition) is 1. The predicted molar refractivity (Wildman–Crippen MR) is 65.1 cm³/mol. The number of phenolic OH excluding ortho intramolecular Hbond substituents is 1. The molecular formula is C14H15NO2. The molecule has 0 radical (unpaired) electrons. The average Bonchev–Trinajstić information content (AvgIpc) is 3.07.